The molecule has 0 saturated heterocycles. The fourth-order valence-corrected chi connectivity index (χ4v) is 1.61. The summed E-state index contributed by atoms with van der Waals surface area (Å²) in [6.07, 6.45) is -4.84. The van der Waals surface area contributed by atoms with Crippen LogP contribution in [0.1, 0.15) is 22.8 Å². The van der Waals surface area contributed by atoms with E-state index in [9.17, 15) is 26.7 Å². The molecule has 1 rings (SSSR count). The van der Waals surface area contributed by atoms with Crippen molar-refractivity contribution in [1.29, 1.82) is 0 Å². The third kappa shape index (κ3) is 4.15. The SMILES string of the molecule is CC(Br)C(=O)c1ccc(OC(F)F)cc1C(F)(F)F. The summed E-state index contributed by atoms with van der Waals surface area (Å²) in [7, 11) is 0. The van der Waals surface area contributed by atoms with Crippen molar-refractivity contribution in [1.82, 2.24) is 0 Å². The highest BCUT2D eigenvalue weighted by Gasteiger charge is 2.36. The maximum absolute atomic E-state index is 12.8. The number of carbonyl (C=O) groups is 1. The molecule has 0 saturated carbocycles. The van der Waals surface area contributed by atoms with Gasteiger partial charge in [-0.05, 0) is 25.1 Å². The molecule has 0 aliphatic rings. The van der Waals surface area contributed by atoms with Gasteiger partial charge in [0.1, 0.15) is 5.75 Å². The summed E-state index contributed by atoms with van der Waals surface area (Å²) >= 11 is 2.87. The molecule has 106 valence electrons. The molecule has 0 bridgehead atoms. The van der Waals surface area contributed by atoms with E-state index in [4.69, 9.17) is 0 Å². The Hall–Kier alpha value is -1.18. The Kier molecular flexibility index (Phi) is 4.89. The van der Waals surface area contributed by atoms with E-state index >= 15 is 0 Å². The third-order valence-electron chi connectivity index (χ3n) is 2.15. The highest BCUT2D eigenvalue weighted by molar-refractivity contribution is 9.10. The number of alkyl halides is 6. The van der Waals surface area contributed by atoms with Crippen LogP contribution in [0.3, 0.4) is 0 Å². The van der Waals surface area contributed by atoms with Gasteiger partial charge in [0.05, 0.1) is 10.4 Å². The maximum atomic E-state index is 12.8. The van der Waals surface area contributed by atoms with Crippen LogP contribution < -0.4 is 4.74 Å². The molecule has 19 heavy (non-hydrogen) atoms. The molecule has 0 fully saturated rings. The van der Waals surface area contributed by atoms with Crippen molar-refractivity contribution >= 4 is 21.7 Å². The molecule has 0 aliphatic carbocycles. The van der Waals surface area contributed by atoms with Gasteiger partial charge in [-0.15, -0.1) is 0 Å². The van der Waals surface area contributed by atoms with E-state index in [0.29, 0.717) is 6.07 Å². The Morgan fingerprint density at radius 1 is 1.32 bits per heavy atom. The molecule has 0 amide bonds. The zero-order chi connectivity index (χ0) is 14.8. The molecule has 0 radical (unpaired) electrons. The van der Waals surface area contributed by atoms with Gasteiger partial charge in [-0.1, -0.05) is 15.9 Å². The smallest absolute Gasteiger partial charge is 0.417 e. The average Bonchev–Trinajstić information content (AvgIpc) is 2.25. The topological polar surface area (TPSA) is 26.3 Å². The summed E-state index contributed by atoms with van der Waals surface area (Å²) in [5.41, 5.74) is -1.90. The normalized spacial score (nSPS) is 13.5. The lowest BCUT2D eigenvalue weighted by Gasteiger charge is -2.15. The minimum Gasteiger partial charge on any atom is -0.435 e. The maximum Gasteiger partial charge on any atom is 0.417 e. The van der Waals surface area contributed by atoms with E-state index in [2.05, 4.69) is 20.7 Å². The van der Waals surface area contributed by atoms with E-state index in [1.54, 1.807) is 0 Å². The number of hydrogen-bond acceptors (Lipinski definition) is 2. The molecule has 0 N–H and O–H groups in total. The molecule has 1 aromatic rings. The number of ketones is 1. The van der Waals surface area contributed by atoms with Gasteiger partial charge in [0.15, 0.2) is 5.78 Å². The first kappa shape index (κ1) is 15.9. The second-order valence-electron chi connectivity index (χ2n) is 3.56. The van der Waals surface area contributed by atoms with Gasteiger partial charge >= 0.3 is 12.8 Å². The molecule has 1 unspecified atom stereocenters. The molecule has 0 heterocycles. The van der Waals surface area contributed by atoms with Crippen molar-refractivity contribution in [2.24, 2.45) is 0 Å². The molecular formula is C11H8BrF5O2. The first-order chi connectivity index (χ1) is 8.62. The van der Waals surface area contributed by atoms with Crippen LogP contribution in [0.15, 0.2) is 18.2 Å². The van der Waals surface area contributed by atoms with Crippen LogP contribution >= 0.6 is 15.9 Å². The Bertz CT molecular complexity index is 471. The molecule has 0 spiro atoms. The Labute approximate surface area is 113 Å². The number of Topliss-reactive ketones (excluding diaryl/α,β-unsaturated/α-hetero) is 1. The van der Waals surface area contributed by atoms with E-state index < -0.39 is 40.3 Å². The number of ether oxygens (including phenoxy) is 1. The number of carbonyl (C=O) groups excluding carboxylic acids is 1. The lowest BCUT2D eigenvalue weighted by atomic mass is 10.0. The number of benzene rings is 1. The Morgan fingerprint density at radius 3 is 2.32 bits per heavy atom. The predicted octanol–water partition coefficient (Wildman–Crippen LogP) is 4.27. The fourth-order valence-electron chi connectivity index (χ4n) is 1.36. The fraction of sp³-hybridized carbons (Fsp3) is 0.364. The van der Waals surface area contributed by atoms with Crippen molar-refractivity contribution in [3.63, 3.8) is 0 Å². The van der Waals surface area contributed by atoms with E-state index in [1.807, 2.05) is 0 Å². The zero-order valence-corrected chi connectivity index (χ0v) is 11.1. The van der Waals surface area contributed by atoms with Gasteiger partial charge in [-0.25, -0.2) is 0 Å². The van der Waals surface area contributed by atoms with Crippen LogP contribution in [0.2, 0.25) is 0 Å². The first-order valence-corrected chi connectivity index (χ1v) is 5.89. The van der Waals surface area contributed by atoms with Crippen LogP contribution in [0, 0.1) is 0 Å². The van der Waals surface area contributed by atoms with E-state index in [1.165, 1.54) is 6.92 Å². The first-order valence-electron chi connectivity index (χ1n) is 4.97. The quantitative estimate of drug-likeness (QED) is 0.462. The van der Waals surface area contributed by atoms with Crippen molar-refractivity contribution in [3.05, 3.63) is 29.3 Å². The molecule has 0 aliphatic heterocycles. The Morgan fingerprint density at radius 2 is 1.89 bits per heavy atom. The second kappa shape index (κ2) is 5.85. The summed E-state index contributed by atoms with van der Waals surface area (Å²) in [4.78, 5) is 10.8. The van der Waals surface area contributed by atoms with Crippen LogP contribution in [-0.4, -0.2) is 17.2 Å². The molecule has 2 nitrogen and oxygen atoms in total. The molecule has 1 atom stereocenters. The monoisotopic (exact) mass is 346 g/mol. The summed E-state index contributed by atoms with van der Waals surface area (Å²) in [6, 6.07) is 2.10. The van der Waals surface area contributed by atoms with Crippen LogP contribution in [0.25, 0.3) is 0 Å². The average molecular weight is 347 g/mol. The number of halogens is 6. The van der Waals surface area contributed by atoms with Gasteiger partial charge in [0.2, 0.25) is 0 Å². The van der Waals surface area contributed by atoms with Crippen molar-refractivity contribution in [2.75, 3.05) is 0 Å². The standard InChI is InChI=1S/C11H8BrF5O2/c1-5(12)9(18)7-3-2-6(19-10(13)14)4-8(7)11(15,16)17/h2-5,10H,1H3. The number of rotatable bonds is 4. The highest BCUT2D eigenvalue weighted by atomic mass is 79.9. The minimum absolute atomic E-state index is 0.384. The van der Waals surface area contributed by atoms with Crippen molar-refractivity contribution in [2.45, 2.75) is 24.5 Å². The molecule has 8 heteroatoms. The van der Waals surface area contributed by atoms with E-state index in [0.717, 1.165) is 12.1 Å². The van der Waals surface area contributed by atoms with Crippen molar-refractivity contribution < 1.29 is 31.5 Å². The summed E-state index contributed by atoms with van der Waals surface area (Å²) in [5, 5.41) is 0. The van der Waals surface area contributed by atoms with Gasteiger partial charge in [0, 0.05) is 5.56 Å². The van der Waals surface area contributed by atoms with Crippen LogP contribution in [0.5, 0.6) is 5.75 Å². The largest absolute Gasteiger partial charge is 0.435 e. The molecule has 1 aromatic carbocycles. The van der Waals surface area contributed by atoms with Gasteiger partial charge < -0.3 is 4.74 Å². The predicted molar refractivity (Wildman–Crippen MR) is 60.8 cm³/mol. The van der Waals surface area contributed by atoms with E-state index in [-0.39, 0.29) is 0 Å². The van der Waals surface area contributed by atoms with Crippen LogP contribution in [-0.2, 0) is 6.18 Å². The summed E-state index contributed by atoms with van der Waals surface area (Å²) in [5.74, 6) is -1.45. The van der Waals surface area contributed by atoms with Gasteiger partial charge in [0.25, 0.3) is 0 Å². The van der Waals surface area contributed by atoms with Crippen molar-refractivity contribution in [3.8, 4) is 5.75 Å². The molecule has 0 aromatic heterocycles. The zero-order valence-electron chi connectivity index (χ0n) is 9.47. The highest BCUT2D eigenvalue weighted by Crippen LogP contribution is 2.35. The van der Waals surface area contributed by atoms with Gasteiger partial charge in [-0.3, -0.25) is 4.79 Å². The summed E-state index contributed by atoms with van der Waals surface area (Å²) < 4.78 is 66.1. The Balaban J connectivity index is 3.29. The van der Waals surface area contributed by atoms with Gasteiger partial charge in [-0.2, -0.15) is 22.0 Å². The second-order valence-corrected chi connectivity index (χ2v) is 4.94. The minimum atomic E-state index is -4.84. The lowest BCUT2D eigenvalue weighted by molar-refractivity contribution is -0.138. The lowest BCUT2D eigenvalue weighted by Crippen LogP contribution is -2.18. The number of hydrogen-bond donors (Lipinski definition) is 0. The third-order valence-corrected chi connectivity index (χ3v) is 2.56. The molecular weight excluding hydrogens is 339 g/mol. The summed E-state index contributed by atoms with van der Waals surface area (Å²) in [6.45, 7) is -1.87. The van der Waals surface area contributed by atoms with Crippen LogP contribution in [0.4, 0.5) is 22.0 Å².